The molecule has 0 bridgehead atoms. The minimum Gasteiger partial charge on any atom is -0.467 e. The zero-order valence-corrected chi connectivity index (χ0v) is 10.9. The summed E-state index contributed by atoms with van der Waals surface area (Å²) in [5, 5.41) is 2.86. The summed E-state index contributed by atoms with van der Waals surface area (Å²) in [7, 11) is 1.39. The number of hydrogen-bond donors (Lipinski definition) is 1. The minimum atomic E-state index is -0.757. The topological polar surface area (TPSA) is 69.2 Å². The Morgan fingerprint density at radius 3 is 2.30 bits per heavy atom. The maximum absolute atomic E-state index is 13.1. The molecule has 0 spiro atoms. The molecular weight excluding hydrogens is 270 g/mol. The molecule has 2 aromatic rings. The number of anilines is 1. The maximum Gasteiger partial charge on any atom is 0.330 e. The van der Waals surface area contributed by atoms with Crippen molar-refractivity contribution < 1.29 is 18.3 Å². The van der Waals surface area contributed by atoms with Crippen LogP contribution in [0.3, 0.4) is 0 Å². The van der Waals surface area contributed by atoms with Crippen molar-refractivity contribution >= 4 is 5.95 Å². The number of hydrogen-bond acceptors (Lipinski definition) is 6. The van der Waals surface area contributed by atoms with E-state index in [4.69, 9.17) is 9.47 Å². The smallest absolute Gasteiger partial charge is 0.330 e. The van der Waals surface area contributed by atoms with Gasteiger partial charge in [0.05, 0.1) is 7.11 Å². The summed E-state index contributed by atoms with van der Waals surface area (Å²) < 4.78 is 36.2. The highest BCUT2D eigenvalue weighted by molar-refractivity contribution is 5.30. The van der Waals surface area contributed by atoms with E-state index in [1.807, 2.05) is 6.92 Å². The molecule has 0 amide bonds. The summed E-state index contributed by atoms with van der Waals surface area (Å²) in [5.41, 5.74) is 0. The van der Waals surface area contributed by atoms with Gasteiger partial charge in [-0.25, -0.2) is 8.78 Å². The zero-order valence-electron chi connectivity index (χ0n) is 10.9. The number of nitrogens with one attached hydrogen (secondary N) is 1. The molecule has 1 heterocycles. The fourth-order valence-corrected chi connectivity index (χ4v) is 1.40. The van der Waals surface area contributed by atoms with Gasteiger partial charge in [-0.05, 0) is 6.92 Å². The first-order chi connectivity index (χ1) is 9.60. The third-order valence-corrected chi connectivity index (χ3v) is 2.16. The summed E-state index contributed by atoms with van der Waals surface area (Å²) in [6, 6.07) is 2.68. The Hall–Kier alpha value is -2.51. The second-order valence-electron chi connectivity index (χ2n) is 3.67. The van der Waals surface area contributed by atoms with Gasteiger partial charge < -0.3 is 14.8 Å². The molecule has 1 aromatic carbocycles. The molecule has 0 saturated carbocycles. The van der Waals surface area contributed by atoms with Crippen molar-refractivity contribution in [1.29, 1.82) is 0 Å². The standard InChI is InChI=1S/C12H12F2N4O2/c1-3-15-10-16-11(19-2)18-12(17-10)20-9-5-7(13)4-8(14)6-9/h4-6H,3H2,1-2H3,(H,15,16,17,18). The van der Waals surface area contributed by atoms with Crippen molar-refractivity contribution in [1.82, 2.24) is 15.0 Å². The zero-order chi connectivity index (χ0) is 14.5. The van der Waals surface area contributed by atoms with Gasteiger partial charge in [0.1, 0.15) is 17.4 Å². The average Bonchev–Trinajstić information content (AvgIpc) is 2.37. The SMILES string of the molecule is CCNc1nc(OC)nc(Oc2cc(F)cc(F)c2)n1. The van der Waals surface area contributed by atoms with E-state index in [0.29, 0.717) is 6.54 Å². The molecule has 20 heavy (non-hydrogen) atoms. The second-order valence-corrected chi connectivity index (χ2v) is 3.67. The third kappa shape index (κ3) is 3.50. The summed E-state index contributed by atoms with van der Waals surface area (Å²) in [6.45, 7) is 2.44. The Bertz CT molecular complexity index is 590. The van der Waals surface area contributed by atoms with Crippen LogP contribution in [-0.4, -0.2) is 28.6 Å². The van der Waals surface area contributed by atoms with E-state index < -0.39 is 11.6 Å². The van der Waals surface area contributed by atoms with Crippen LogP contribution in [0.25, 0.3) is 0 Å². The van der Waals surface area contributed by atoms with Crippen LogP contribution in [0.4, 0.5) is 14.7 Å². The molecule has 0 aliphatic heterocycles. The fraction of sp³-hybridized carbons (Fsp3) is 0.250. The number of halogens is 2. The van der Waals surface area contributed by atoms with Gasteiger partial charge >= 0.3 is 12.0 Å². The predicted molar refractivity (Wildman–Crippen MR) is 67.0 cm³/mol. The molecule has 0 radical (unpaired) electrons. The first-order valence-electron chi connectivity index (χ1n) is 5.78. The largest absolute Gasteiger partial charge is 0.467 e. The summed E-state index contributed by atoms with van der Waals surface area (Å²) >= 11 is 0. The van der Waals surface area contributed by atoms with E-state index in [2.05, 4.69) is 20.3 Å². The number of aromatic nitrogens is 3. The highest BCUT2D eigenvalue weighted by Crippen LogP contribution is 2.22. The first kappa shape index (κ1) is 13.9. The average molecular weight is 282 g/mol. The molecule has 6 nitrogen and oxygen atoms in total. The number of benzene rings is 1. The number of nitrogens with zero attached hydrogens (tertiary/aromatic N) is 3. The molecule has 1 N–H and O–H groups in total. The molecule has 106 valence electrons. The summed E-state index contributed by atoms with van der Waals surface area (Å²) in [5.74, 6) is -1.33. The van der Waals surface area contributed by atoms with Gasteiger partial charge in [-0.15, -0.1) is 4.98 Å². The maximum atomic E-state index is 13.1. The molecular formula is C12H12F2N4O2. The normalized spacial score (nSPS) is 10.2. The highest BCUT2D eigenvalue weighted by Gasteiger charge is 2.10. The predicted octanol–water partition coefficient (Wildman–Crippen LogP) is 2.38. The Labute approximate surface area is 113 Å². The lowest BCUT2D eigenvalue weighted by molar-refractivity contribution is 0.359. The minimum absolute atomic E-state index is 0.0304. The van der Waals surface area contributed by atoms with Crippen LogP contribution >= 0.6 is 0 Å². The lowest BCUT2D eigenvalue weighted by atomic mass is 10.3. The molecule has 0 fully saturated rings. The van der Waals surface area contributed by atoms with Gasteiger partial charge in [0.2, 0.25) is 5.95 Å². The van der Waals surface area contributed by atoms with E-state index in [1.165, 1.54) is 7.11 Å². The fourth-order valence-electron chi connectivity index (χ4n) is 1.40. The van der Waals surface area contributed by atoms with Crippen LogP contribution in [0, 0.1) is 11.6 Å². The van der Waals surface area contributed by atoms with E-state index >= 15 is 0 Å². The summed E-state index contributed by atoms with van der Waals surface area (Å²) in [6.07, 6.45) is 0. The van der Waals surface area contributed by atoms with E-state index in [-0.39, 0.29) is 23.7 Å². The quantitative estimate of drug-likeness (QED) is 0.908. The van der Waals surface area contributed by atoms with Gasteiger partial charge in [0.25, 0.3) is 0 Å². The summed E-state index contributed by atoms with van der Waals surface area (Å²) in [4.78, 5) is 11.7. The molecule has 0 aliphatic carbocycles. The van der Waals surface area contributed by atoms with Crippen LogP contribution in [0.5, 0.6) is 17.8 Å². The molecule has 0 atom stereocenters. The van der Waals surface area contributed by atoms with E-state index in [9.17, 15) is 8.78 Å². The lowest BCUT2D eigenvalue weighted by Crippen LogP contribution is -2.06. The number of rotatable bonds is 5. The Balaban J connectivity index is 2.29. The Kier molecular flexibility index (Phi) is 4.24. The van der Waals surface area contributed by atoms with Crippen LogP contribution in [0.1, 0.15) is 6.92 Å². The lowest BCUT2D eigenvalue weighted by Gasteiger charge is -2.07. The highest BCUT2D eigenvalue weighted by atomic mass is 19.1. The Morgan fingerprint density at radius 2 is 1.70 bits per heavy atom. The number of methoxy groups -OCH3 is 1. The van der Waals surface area contributed by atoms with Crippen molar-refractivity contribution in [3.8, 4) is 17.8 Å². The third-order valence-electron chi connectivity index (χ3n) is 2.16. The van der Waals surface area contributed by atoms with Crippen LogP contribution in [0.2, 0.25) is 0 Å². The van der Waals surface area contributed by atoms with Crippen LogP contribution in [-0.2, 0) is 0 Å². The van der Waals surface area contributed by atoms with Crippen molar-refractivity contribution in [2.75, 3.05) is 19.0 Å². The first-order valence-corrected chi connectivity index (χ1v) is 5.78. The van der Waals surface area contributed by atoms with E-state index in [0.717, 1.165) is 18.2 Å². The van der Waals surface area contributed by atoms with Gasteiger partial charge in [-0.3, -0.25) is 0 Å². The monoisotopic (exact) mass is 282 g/mol. The van der Waals surface area contributed by atoms with Crippen molar-refractivity contribution in [3.05, 3.63) is 29.8 Å². The van der Waals surface area contributed by atoms with Crippen molar-refractivity contribution in [3.63, 3.8) is 0 Å². The number of ether oxygens (including phenoxy) is 2. The molecule has 0 aliphatic rings. The molecule has 2 rings (SSSR count). The second kappa shape index (κ2) is 6.09. The molecule has 1 aromatic heterocycles. The van der Waals surface area contributed by atoms with Crippen molar-refractivity contribution in [2.24, 2.45) is 0 Å². The van der Waals surface area contributed by atoms with Crippen LogP contribution in [0.15, 0.2) is 18.2 Å². The van der Waals surface area contributed by atoms with Gasteiger partial charge in [0.15, 0.2) is 0 Å². The Morgan fingerprint density at radius 1 is 1.05 bits per heavy atom. The van der Waals surface area contributed by atoms with Gasteiger partial charge in [-0.1, -0.05) is 0 Å². The molecule has 0 unspecified atom stereocenters. The van der Waals surface area contributed by atoms with E-state index in [1.54, 1.807) is 0 Å². The molecule has 8 heteroatoms. The van der Waals surface area contributed by atoms with Crippen LogP contribution < -0.4 is 14.8 Å². The van der Waals surface area contributed by atoms with Crippen molar-refractivity contribution in [2.45, 2.75) is 6.92 Å². The molecule has 0 saturated heterocycles. The van der Waals surface area contributed by atoms with Gasteiger partial charge in [-0.2, -0.15) is 9.97 Å². The van der Waals surface area contributed by atoms with Gasteiger partial charge in [0, 0.05) is 24.7 Å².